The van der Waals surface area contributed by atoms with E-state index in [9.17, 15) is 4.79 Å². The van der Waals surface area contributed by atoms with Crippen LogP contribution in [0, 0.1) is 13.8 Å². The van der Waals surface area contributed by atoms with Gasteiger partial charge < -0.3 is 14.5 Å². The van der Waals surface area contributed by atoms with Crippen molar-refractivity contribution in [3.8, 4) is 17.0 Å². The number of amides is 1. The molecule has 4 aromatic rings. The van der Waals surface area contributed by atoms with Crippen molar-refractivity contribution < 1.29 is 9.53 Å². The van der Waals surface area contributed by atoms with Crippen molar-refractivity contribution in [3.63, 3.8) is 0 Å². The van der Waals surface area contributed by atoms with E-state index in [0.29, 0.717) is 13.1 Å². The maximum atomic E-state index is 12.6. The molecule has 2 heterocycles. The summed E-state index contributed by atoms with van der Waals surface area (Å²) in [6, 6.07) is 24.7. The Hall–Kier alpha value is -3.93. The molecule has 0 aliphatic carbocycles. The van der Waals surface area contributed by atoms with Crippen molar-refractivity contribution in [1.29, 1.82) is 0 Å². The predicted molar refractivity (Wildman–Crippen MR) is 135 cm³/mol. The van der Waals surface area contributed by atoms with Crippen LogP contribution in [0.5, 0.6) is 5.75 Å². The van der Waals surface area contributed by atoms with Crippen molar-refractivity contribution in [2.45, 2.75) is 13.8 Å². The smallest absolute Gasteiger partial charge is 0.260 e. The number of carbonyl (C=O) groups excluding carboxylic acids is 1. The number of fused-ring (bicyclic) bond motifs is 1. The minimum absolute atomic E-state index is 0.0107. The van der Waals surface area contributed by atoms with Crippen LogP contribution in [0.25, 0.3) is 22.0 Å². The van der Waals surface area contributed by atoms with Gasteiger partial charge in [-0.25, -0.2) is 0 Å². The van der Waals surface area contributed by atoms with Gasteiger partial charge in [-0.15, -0.1) is 10.2 Å². The number of anilines is 1. The zero-order valence-corrected chi connectivity index (χ0v) is 19.6. The van der Waals surface area contributed by atoms with Gasteiger partial charge in [0.05, 0.1) is 5.69 Å². The van der Waals surface area contributed by atoms with E-state index >= 15 is 0 Å². The van der Waals surface area contributed by atoms with E-state index in [-0.39, 0.29) is 12.5 Å². The lowest BCUT2D eigenvalue weighted by Gasteiger charge is -2.35. The molecule has 0 spiro atoms. The fourth-order valence-corrected chi connectivity index (χ4v) is 4.43. The number of piperazine rings is 1. The summed E-state index contributed by atoms with van der Waals surface area (Å²) in [6.07, 6.45) is 0. The summed E-state index contributed by atoms with van der Waals surface area (Å²) in [6.45, 7) is 6.84. The molecule has 0 radical (unpaired) electrons. The van der Waals surface area contributed by atoms with Crippen LogP contribution in [-0.2, 0) is 4.79 Å². The van der Waals surface area contributed by atoms with E-state index in [2.05, 4.69) is 51.5 Å². The second kappa shape index (κ2) is 9.51. The largest absolute Gasteiger partial charge is 0.484 e. The first kappa shape index (κ1) is 21.9. The van der Waals surface area contributed by atoms with Crippen LogP contribution in [0.15, 0.2) is 72.8 Å². The fraction of sp³-hybridized carbons (Fsp3) is 0.250. The lowest BCUT2D eigenvalue weighted by molar-refractivity contribution is -0.133. The van der Waals surface area contributed by atoms with Crippen LogP contribution in [0.1, 0.15) is 11.1 Å². The Labute approximate surface area is 199 Å². The number of hydrogen-bond donors (Lipinski definition) is 0. The molecule has 1 aliphatic heterocycles. The number of benzene rings is 3. The van der Waals surface area contributed by atoms with Crippen LogP contribution in [-0.4, -0.2) is 53.8 Å². The molecule has 172 valence electrons. The maximum Gasteiger partial charge on any atom is 0.260 e. The number of carbonyl (C=O) groups is 1. The Morgan fingerprint density at radius 3 is 2.26 bits per heavy atom. The number of aromatic nitrogens is 2. The van der Waals surface area contributed by atoms with Gasteiger partial charge in [0.25, 0.3) is 5.91 Å². The molecular formula is C28H28N4O2. The maximum absolute atomic E-state index is 12.6. The van der Waals surface area contributed by atoms with Crippen molar-refractivity contribution in [2.75, 3.05) is 37.7 Å². The van der Waals surface area contributed by atoms with Crippen molar-refractivity contribution in [2.24, 2.45) is 0 Å². The summed E-state index contributed by atoms with van der Waals surface area (Å²) in [5.74, 6) is 1.59. The molecule has 6 heteroatoms. The summed E-state index contributed by atoms with van der Waals surface area (Å²) < 4.78 is 5.75. The molecule has 0 bridgehead atoms. The van der Waals surface area contributed by atoms with Gasteiger partial charge in [0, 0.05) is 31.7 Å². The molecular weight excluding hydrogens is 424 g/mol. The molecule has 1 amide bonds. The summed E-state index contributed by atoms with van der Waals surface area (Å²) in [5.41, 5.74) is 4.16. The highest BCUT2D eigenvalue weighted by Gasteiger charge is 2.22. The highest BCUT2D eigenvalue weighted by molar-refractivity contribution is 5.86. The fourth-order valence-electron chi connectivity index (χ4n) is 4.43. The number of aryl methyl sites for hydroxylation is 2. The van der Waals surface area contributed by atoms with Gasteiger partial charge in [-0.05, 0) is 66.1 Å². The number of hydrogen-bond acceptors (Lipinski definition) is 5. The molecule has 34 heavy (non-hydrogen) atoms. The van der Waals surface area contributed by atoms with Crippen molar-refractivity contribution in [1.82, 2.24) is 15.1 Å². The quantitative estimate of drug-likeness (QED) is 0.442. The molecule has 6 nitrogen and oxygen atoms in total. The van der Waals surface area contributed by atoms with Crippen LogP contribution in [0.4, 0.5) is 5.82 Å². The summed E-state index contributed by atoms with van der Waals surface area (Å²) in [5, 5.41) is 11.3. The van der Waals surface area contributed by atoms with E-state index in [1.54, 1.807) is 0 Å². The molecule has 1 fully saturated rings. The Bertz CT molecular complexity index is 1290. The van der Waals surface area contributed by atoms with Gasteiger partial charge in [-0.1, -0.05) is 42.5 Å². The van der Waals surface area contributed by atoms with Crippen molar-refractivity contribution >= 4 is 22.5 Å². The van der Waals surface area contributed by atoms with Gasteiger partial charge in [0.1, 0.15) is 5.75 Å². The first-order chi connectivity index (χ1) is 16.5. The normalized spacial score (nSPS) is 13.8. The van der Waals surface area contributed by atoms with E-state index in [4.69, 9.17) is 4.74 Å². The van der Waals surface area contributed by atoms with Crippen LogP contribution in [0.2, 0.25) is 0 Å². The second-order valence-corrected chi connectivity index (χ2v) is 8.82. The molecule has 0 N–H and O–H groups in total. The van der Waals surface area contributed by atoms with Crippen LogP contribution in [0.3, 0.4) is 0 Å². The molecule has 0 unspecified atom stereocenters. The molecule has 1 saturated heterocycles. The Morgan fingerprint density at radius 1 is 0.824 bits per heavy atom. The SMILES string of the molecule is Cc1cc(C)cc(OCC(=O)N2CCN(c3ccc(-c4ccc5ccccc5c4)nn3)CC2)c1. The summed E-state index contributed by atoms with van der Waals surface area (Å²) >= 11 is 0. The average Bonchev–Trinajstić information content (AvgIpc) is 2.87. The van der Waals surface area contributed by atoms with E-state index < -0.39 is 0 Å². The van der Waals surface area contributed by atoms with E-state index in [1.165, 1.54) is 10.8 Å². The molecule has 1 aliphatic rings. The standard InChI is InChI=1S/C28H28N4O2/c1-20-15-21(2)17-25(16-20)34-19-28(33)32-13-11-31(12-14-32)27-10-9-26(29-30-27)24-8-7-22-5-3-4-6-23(22)18-24/h3-10,15-18H,11-14,19H2,1-2H3. The molecule has 0 saturated carbocycles. The number of rotatable bonds is 5. The van der Waals surface area contributed by atoms with Gasteiger partial charge >= 0.3 is 0 Å². The van der Waals surface area contributed by atoms with Crippen molar-refractivity contribution in [3.05, 3.63) is 83.9 Å². The minimum atomic E-state index is 0.0107. The number of nitrogens with zero attached hydrogens (tertiary/aromatic N) is 4. The Morgan fingerprint density at radius 2 is 1.56 bits per heavy atom. The first-order valence-electron chi connectivity index (χ1n) is 11.6. The Balaban J connectivity index is 1.17. The van der Waals surface area contributed by atoms with E-state index in [1.807, 2.05) is 55.1 Å². The minimum Gasteiger partial charge on any atom is -0.484 e. The molecule has 1 aromatic heterocycles. The third-order valence-corrected chi connectivity index (χ3v) is 6.21. The summed E-state index contributed by atoms with van der Waals surface area (Å²) in [4.78, 5) is 16.7. The van der Waals surface area contributed by atoms with Crippen LogP contribution >= 0.6 is 0 Å². The zero-order chi connectivity index (χ0) is 23.5. The van der Waals surface area contributed by atoms with Gasteiger partial charge in [0.2, 0.25) is 0 Å². The Kier molecular flexibility index (Phi) is 6.12. The van der Waals surface area contributed by atoms with Gasteiger partial charge in [-0.3, -0.25) is 4.79 Å². The molecule has 5 rings (SSSR count). The zero-order valence-electron chi connectivity index (χ0n) is 19.6. The van der Waals surface area contributed by atoms with Gasteiger partial charge in [0.15, 0.2) is 12.4 Å². The third-order valence-electron chi connectivity index (χ3n) is 6.21. The highest BCUT2D eigenvalue weighted by Crippen LogP contribution is 2.24. The lowest BCUT2D eigenvalue weighted by atomic mass is 10.1. The van der Waals surface area contributed by atoms with E-state index in [0.717, 1.165) is 47.0 Å². The second-order valence-electron chi connectivity index (χ2n) is 8.82. The first-order valence-corrected chi connectivity index (χ1v) is 11.6. The topological polar surface area (TPSA) is 58.6 Å². The molecule has 3 aromatic carbocycles. The molecule has 0 atom stereocenters. The predicted octanol–water partition coefficient (Wildman–Crippen LogP) is 4.64. The number of ether oxygens (including phenoxy) is 1. The van der Waals surface area contributed by atoms with Crippen LogP contribution < -0.4 is 9.64 Å². The lowest BCUT2D eigenvalue weighted by Crippen LogP contribution is -2.50. The third kappa shape index (κ3) is 4.86. The van der Waals surface area contributed by atoms with Gasteiger partial charge in [-0.2, -0.15) is 0 Å². The average molecular weight is 453 g/mol. The highest BCUT2D eigenvalue weighted by atomic mass is 16.5. The summed E-state index contributed by atoms with van der Waals surface area (Å²) in [7, 11) is 0. The monoisotopic (exact) mass is 452 g/mol.